The van der Waals surface area contributed by atoms with Crippen molar-refractivity contribution < 1.29 is 14.3 Å². The van der Waals surface area contributed by atoms with Crippen LogP contribution in [0.2, 0.25) is 0 Å². The Labute approximate surface area is 125 Å². The van der Waals surface area contributed by atoms with Crippen LogP contribution in [0.5, 0.6) is 0 Å². The van der Waals surface area contributed by atoms with Crippen LogP contribution < -0.4 is 5.32 Å². The minimum Gasteiger partial charge on any atom is -0.381 e. The molecule has 0 spiro atoms. The van der Waals surface area contributed by atoms with E-state index in [0.717, 1.165) is 58.3 Å². The first kappa shape index (κ1) is 14.6. The first-order valence-corrected chi connectivity index (χ1v) is 8.16. The van der Waals surface area contributed by atoms with Crippen molar-refractivity contribution in [2.24, 2.45) is 5.92 Å². The van der Waals surface area contributed by atoms with Crippen molar-refractivity contribution in [3.8, 4) is 0 Å². The van der Waals surface area contributed by atoms with E-state index in [4.69, 9.17) is 4.74 Å². The third-order valence-corrected chi connectivity index (χ3v) is 4.79. The summed E-state index contributed by atoms with van der Waals surface area (Å²) >= 11 is 0. The first-order valence-electron chi connectivity index (χ1n) is 8.16. The zero-order valence-corrected chi connectivity index (χ0v) is 12.6. The highest BCUT2D eigenvalue weighted by Crippen LogP contribution is 2.17. The number of likely N-dealkylation sites (tertiary alicyclic amines) is 2. The fourth-order valence-electron chi connectivity index (χ4n) is 3.38. The fraction of sp³-hybridized carbons (Fsp3) is 0.867. The Kier molecular flexibility index (Phi) is 4.63. The molecule has 3 fully saturated rings. The predicted molar refractivity (Wildman–Crippen MR) is 77.9 cm³/mol. The lowest BCUT2D eigenvalue weighted by Crippen LogP contribution is -2.50. The normalized spacial score (nSPS) is 27.1. The zero-order valence-electron chi connectivity index (χ0n) is 12.6. The molecule has 0 radical (unpaired) electrons. The molecule has 3 aliphatic rings. The molecule has 1 atom stereocenters. The standard InChI is InChI=1S/C15H25N3O3/c19-14(12-5-10-21-11-12)16-13-3-8-18(9-4-13)15(20)17-6-1-2-7-17/h12-13H,1-11H2,(H,16,19)/t12-/m0/s1. The summed E-state index contributed by atoms with van der Waals surface area (Å²) < 4.78 is 5.25. The molecular formula is C15H25N3O3. The molecule has 0 unspecified atom stereocenters. The number of amides is 3. The zero-order chi connectivity index (χ0) is 14.7. The van der Waals surface area contributed by atoms with Gasteiger partial charge in [0.1, 0.15) is 0 Å². The summed E-state index contributed by atoms with van der Waals surface area (Å²) in [6, 6.07) is 0.391. The van der Waals surface area contributed by atoms with E-state index in [0.29, 0.717) is 13.2 Å². The van der Waals surface area contributed by atoms with Gasteiger partial charge in [-0.15, -0.1) is 0 Å². The van der Waals surface area contributed by atoms with Gasteiger partial charge >= 0.3 is 6.03 Å². The van der Waals surface area contributed by atoms with Gasteiger partial charge in [0.15, 0.2) is 0 Å². The van der Waals surface area contributed by atoms with Crippen molar-refractivity contribution in [1.29, 1.82) is 0 Å². The minimum absolute atomic E-state index is 0.0225. The van der Waals surface area contributed by atoms with Crippen LogP contribution in [-0.4, -0.2) is 67.2 Å². The van der Waals surface area contributed by atoms with Crippen LogP contribution in [0, 0.1) is 5.92 Å². The molecule has 3 rings (SSSR count). The lowest BCUT2D eigenvalue weighted by molar-refractivity contribution is -0.125. The summed E-state index contributed by atoms with van der Waals surface area (Å²) in [5, 5.41) is 3.12. The van der Waals surface area contributed by atoms with Crippen LogP contribution >= 0.6 is 0 Å². The summed E-state index contributed by atoms with van der Waals surface area (Å²) in [5.41, 5.74) is 0. The molecule has 1 N–H and O–H groups in total. The number of rotatable bonds is 2. The SMILES string of the molecule is O=C(NC1CCN(C(=O)N2CCCC2)CC1)[C@H]1CCOC1. The number of hydrogen-bond acceptors (Lipinski definition) is 3. The summed E-state index contributed by atoms with van der Waals surface area (Å²) in [4.78, 5) is 28.2. The van der Waals surface area contributed by atoms with Gasteiger partial charge in [0, 0.05) is 38.8 Å². The predicted octanol–water partition coefficient (Wildman–Crippen LogP) is 0.819. The van der Waals surface area contributed by atoms with Gasteiger partial charge in [0.05, 0.1) is 12.5 Å². The number of piperidine rings is 1. The van der Waals surface area contributed by atoms with Crippen molar-refractivity contribution in [2.75, 3.05) is 39.4 Å². The van der Waals surface area contributed by atoms with Gasteiger partial charge in [0.2, 0.25) is 5.91 Å². The number of nitrogens with zero attached hydrogens (tertiary/aromatic N) is 2. The maximum absolute atomic E-state index is 12.3. The lowest BCUT2D eigenvalue weighted by Gasteiger charge is -2.35. The van der Waals surface area contributed by atoms with E-state index in [1.807, 2.05) is 9.80 Å². The fourth-order valence-corrected chi connectivity index (χ4v) is 3.38. The molecule has 0 saturated carbocycles. The third kappa shape index (κ3) is 3.48. The molecule has 0 bridgehead atoms. The molecule has 21 heavy (non-hydrogen) atoms. The van der Waals surface area contributed by atoms with Gasteiger partial charge in [-0.3, -0.25) is 4.79 Å². The highest BCUT2D eigenvalue weighted by Gasteiger charge is 2.30. The van der Waals surface area contributed by atoms with Crippen molar-refractivity contribution in [3.63, 3.8) is 0 Å². The van der Waals surface area contributed by atoms with E-state index in [2.05, 4.69) is 5.32 Å². The number of carbonyl (C=O) groups is 2. The number of ether oxygens (including phenoxy) is 1. The monoisotopic (exact) mass is 295 g/mol. The maximum atomic E-state index is 12.3. The molecule has 3 saturated heterocycles. The summed E-state index contributed by atoms with van der Waals surface area (Å²) in [6.45, 7) is 4.55. The molecule has 0 aromatic carbocycles. The molecule has 0 aliphatic carbocycles. The highest BCUT2D eigenvalue weighted by atomic mass is 16.5. The van der Waals surface area contributed by atoms with Gasteiger partial charge in [-0.2, -0.15) is 0 Å². The first-order chi connectivity index (χ1) is 10.2. The van der Waals surface area contributed by atoms with Gasteiger partial charge in [-0.05, 0) is 32.1 Å². The van der Waals surface area contributed by atoms with Gasteiger partial charge in [-0.25, -0.2) is 4.79 Å². The van der Waals surface area contributed by atoms with Crippen molar-refractivity contribution in [1.82, 2.24) is 15.1 Å². The average Bonchev–Trinajstić information content (AvgIpc) is 3.20. The quantitative estimate of drug-likeness (QED) is 0.820. The maximum Gasteiger partial charge on any atom is 0.319 e. The van der Waals surface area contributed by atoms with E-state index in [1.54, 1.807) is 0 Å². The van der Waals surface area contributed by atoms with Crippen molar-refractivity contribution in [3.05, 3.63) is 0 Å². The van der Waals surface area contributed by atoms with Gasteiger partial charge < -0.3 is 19.9 Å². The van der Waals surface area contributed by atoms with Gasteiger partial charge in [-0.1, -0.05) is 0 Å². The molecule has 3 heterocycles. The number of carbonyl (C=O) groups excluding carboxylic acids is 2. The Morgan fingerprint density at radius 1 is 0.952 bits per heavy atom. The van der Waals surface area contributed by atoms with Crippen LogP contribution in [-0.2, 0) is 9.53 Å². The number of nitrogens with one attached hydrogen (secondary N) is 1. The molecule has 6 heteroatoms. The van der Waals surface area contributed by atoms with Crippen molar-refractivity contribution >= 4 is 11.9 Å². The molecule has 3 amide bonds. The second kappa shape index (κ2) is 6.64. The summed E-state index contributed by atoms with van der Waals surface area (Å²) in [5.74, 6) is 0.145. The van der Waals surface area contributed by atoms with Crippen LogP contribution in [0.25, 0.3) is 0 Å². The van der Waals surface area contributed by atoms with E-state index in [1.165, 1.54) is 0 Å². The molecule has 6 nitrogen and oxygen atoms in total. The second-order valence-electron chi connectivity index (χ2n) is 6.31. The summed E-state index contributed by atoms with van der Waals surface area (Å²) in [6.07, 6.45) is 4.80. The molecular weight excluding hydrogens is 270 g/mol. The number of urea groups is 1. The topological polar surface area (TPSA) is 61.9 Å². The van der Waals surface area contributed by atoms with E-state index in [-0.39, 0.29) is 23.9 Å². The van der Waals surface area contributed by atoms with Crippen molar-refractivity contribution in [2.45, 2.75) is 38.1 Å². The Bertz CT molecular complexity index is 382. The Balaban J connectivity index is 1.42. The van der Waals surface area contributed by atoms with Crippen LogP contribution in [0.4, 0.5) is 4.79 Å². The Morgan fingerprint density at radius 2 is 1.62 bits per heavy atom. The van der Waals surface area contributed by atoms with E-state index >= 15 is 0 Å². The third-order valence-electron chi connectivity index (χ3n) is 4.79. The van der Waals surface area contributed by atoms with Crippen LogP contribution in [0.1, 0.15) is 32.1 Å². The molecule has 118 valence electrons. The second-order valence-corrected chi connectivity index (χ2v) is 6.31. The molecule has 0 aromatic heterocycles. The Morgan fingerprint density at radius 3 is 2.24 bits per heavy atom. The van der Waals surface area contributed by atoms with Crippen LogP contribution in [0.3, 0.4) is 0 Å². The summed E-state index contributed by atoms with van der Waals surface area (Å²) in [7, 11) is 0. The number of hydrogen-bond donors (Lipinski definition) is 1. The smallest absolute Gasteiger partial charge is 0.319 e. The average molecular weight is 295 g/mol. The lowest BCUT2D eigenvalue weighted by atomic mass is 10.0. The van der Waals surface area contributed by atoms with Crippen LogP contribution in [0.15, 0.2) is 0 Å². The largest absolute Gasteiger partial charge is 0.381 e. The molecule has 0 aromatic rings. The van der Waals surface area contributed by atoms with Gasteiger partial charge in [0.25, 0.3) is 0 Å². The molecule has 3 aliphatic heterocycles. The van der Waals surface area contributed by atoms with E-state index in [9.17, 15) is 9.59 Å². The van der Waals surface area contributed by atoms with E-state index < -0.39 is 0 Å². The Hall–Kier alpha value is -1.30. The minimum atomic E-state index is 0.0225. The highest BCUT2D eigenvalue weighted by molar-refractivity contribution is 5.79.